The summed E-state index contributed by atoms with van der Waals surface area (Å²) >= 11 is 5.78. The second-order valence-corrected chi connectivity index (χ2v) is 4.33. The van der Waals surface area contributed by atoms with Gasteiger partial charge in [-0.2, -0.15) is 0 Å². The van der Waals surface area contributed by atoms with Crippen molar-refractivity contribution in [3.8, 4) is 0 Å². The minimum atomic E-state index is -0.442. The number of aryl methyl sites for hydroxylation is 2. The van der Waals surface area contributed by atoms with Crippen LogP contribution in [0.3, 0.4) is 0 Å². The van der Waals surface area contributed by atoms with Crippen LogP contribution in [-0.2, 0) is 12.8 Å². The summed E-state index contributed by atoms with van der Waals surface area (Å²) in [4.78, 5) is 11.7. The zero-order chi connectivity index (χ0) is 11.4. The third-order valence-electron chi connectivity index (χ3n) is 2.61. The molecule has 1 aromatic carbocycles. The molecule has 0 saturated carbocycles. The van der Waals surface area contributed by atoms with Gasteiger partial charge < -0.3 is 0 Å². The van der Waals surface area contributed by atoms with Crippen LogP contribution in [0, 0.1) is 0 Å². The van der Waals surface area contributed by atoms with Crippen LogP contribution in [0.2, 0.25) is 0 Å². The Labute approximate surface area is 96.5 Å². The Morgan fingerprint density at radius 1 is 1.27 bits per heavy atom. The molecular weight excluding hydrogens is 208 g/mol. The van der Waals surface area contributed by atoms with E-state index >= 15 is 0 Å². The van der Waals surface area contributed by atoms with Crippen LogP contribution in [-0.4, -0.2) is 11.2 Å². The van der Waals surface area contributed by atoms with Crippen LogP contribution in [0.25, 0.3) is 0 Å². The molecule has 0 amide bonds. The Morgan fingerprint density at radius 2 is 1.87 bits per heavy atom. The van der Waals surface area contributed by atoms with Gasteiger partial charge in [-0.1, -0.05) is 26.0 Å². The van der Waals surface area contributed by atoms with Gasteiger partial charge in [0, 0.05) is 5.56 Å². The lowest BCUT2D eigenvalue weighted by atomic mass is 9.98. The van der Waals surface area contributed by atoms with Crippen molar-refractivity contribution in [1.29, 1.82) is 0 Å². The van der Waals surface area contributed by atoms with Crippen molar-refractivity contribution in [2.24, 2.45) is 0 Å². The number of rotatable bonds is 4. The first-order valence-corrected chi connectivity index (χ1v) is 5.83. The molecule has 82 valence electrons. The van der Waals surface area contributed by atoms with E-state index in [4.69, 9.17) is 11.6 Å². The summed E-state index contributed by atoms with van der Waals surface area (Å²) in [5.74, 6) is 0.00835. The molecule has 0 aliphatic heterocycles. The quantitative estimate of drug-likeness (QED) is 0.564. The van der Waals surface area contributed by atoms with Gasteiger partial charge in [0.25, 0.3) is 0 Å². The van der Waals surface area contributed by atoms with E-state index in [1.165, 1.54) is 11.1 Å². The maximum atomic E-state index is 11.7. The molecule has 2 heteroatoms. The van der Waals surface area contributed by atoms with E-state index in [0.717, 1.165) is 18.4 Å². The second-order valence-electron chi connectivity index (χ2n) is 3.67. The predicted molar refractivity (Wildman–Crippen MR) is 64.8 cm³/mol. The van der Waals surface area contributed by atoms with E-state index in [-0.39, 0.29) is 5.78 Å². The SMILES string of the molecule is CCc1ccc(C(=O)C(C)Cl)cc1CC. The Morgan fingerprint density at radius 3 is 2.33 bits per heavy atom. The van der Waals surface area contributed by atoms with Gasteiger partial charge in [0.1, 0.15) is 0 Å². The normalized spacial score (nSPS) is 12.5. The topological polar surface area (TPSA) is 17.1 Å². The predicted octanol–water partition coefficient (Wildman–Crippen LogP) is 3.62. The standard InChI is InChI=1S/C13H17ClO/c1-4-10-6-7-12(8-11(10)5-2)13(15)9(3)14/h6-9H,4-5H2,1-3H3. The summed E-state index contributed by atoms with van der Waals surface area (Å²) in [5, 5.41) is -0.442. The Balaban J connectivity index is 3.08. The molecule has 0 saturated heterocycles. The van der Waals surface area contributed by atoms with Crippen molar-refractivity contribution in [2.45, 2.75) is 39.0 Å². The fourth-order valence-electron chi connectivity index (χ4n) is 1.68. The average molecular weight is 225 g/mol. The van der Waals surface area contributed by atoms with Crippen molar-refractivity contribution in [1.82, 2.24) is 0 Å². The second kappa shape index (κ2) is 5.32. The molecule has 0 spiro atoms. The van der Waals surface area contributed by atoms with Crippen molar-refractivity contribution >= 4 is 17.4 Å². The molecule has 0 aliphatic carbocycles. The van der Waals surface area contributed by atoms with E-state index in [9.17, 15) is 4.79 Å². The number of carbonyl (C=O) groups is 1. The molecule has 0 aliphatic rings. The smallest absolute Gasteiger partial charge is 0.180 e. The molecular formula is C13H17ClO. The van der Waals surface area contributed by atoms with Gasteiger partial charge in [-0.3, -0.25) is 4.79 Å². The molecule has 0 aromatic heterocycles. The third kappa shape index (κ3) is 2.82. The fourth-order valence-corrected chi connectivity index (χ4v) is 1.81. The Hall–Kier alpha value is -0.820. The highest BCUT2D eigenvalue weighted by molar-refractivity contribution is 6.33. The van der Waals surface area contributed by atoms with Crippen molar-refractivity contribution < 1.29 is 4.79 Å². The van der Waals surface area contributed by atoms with Crippen LogP contribution in [0.1, 0.15) is 42.3 Å². The highest BCUT2D eigenvalue weighted by Gasteiger charge is 2.13. The summed E-state index contributed by atoms with van der Waals surface area (Å²) in [6.45, 7) is 5.94. The Bertz CT molecular complexity index is 356. The maximum absolute atomic E-state index is 11.7. The summed E-state index contributed by atoms with van der Waals surface area (Å²) < 4.78 is 0. The van der Waals surface area contributed by atoms with E-state index in [1.54, 1.807) is 6.92 Å². The van der Waals surface area contributed by atoms with Crippen molar-refractivity contribution in [2.75, 3.05) is 0 Å². The molecule has 1 nitrogen and oxygen atoms in total. The first kappa shape index (κ1) is 12.3. The number of Topliss-reactive ketones (excluding diaryl/α,β-unsaturated/α-hetero) is 1. The molecule has 1 unspecified atom stereocenters. The minimum Gasteiger partial charge on any atom is -0.293 e. The lowest BCUT2D eigenvalue weighted by Crippen LogP contribution is -2.11. The van der Waals surface area contributed by atoms with Crippen molar-refractivity contribution in [3.63, 3.8) is 0 Å². The maximum Gasteiger partial charge on any atom is 0.180 e. The summed E-state index contributed by atoms with van der Waals surface area (Å²) in [6, 6.07) is 5.88. The average Bonchev–Trinajstić information content (AvgIpc) is 2.26. The minimum absolute atomic E-state index is 0.00835. The van der Waals surface area contributed by atoms with Gasteiger partial charge in [-0.25, -0.2) is 0 Å². The molecule has 0 bridgehead atoms. The lowest BCUT2D eigenvalue weighted by molar-refractivity contribution is 0.0991. The summed E-state index contributed by atoms with van der Waals surface area (Å²) in [5.41, 5.74) is 3.29. The monoisotopic (exact) mass is 224 g/mol. The van der Waals surface area contributed by atoms with Gasteiger partial charge in [-0.05, 0) is 37.0 Å². The van der Waals surface area contributed by atoms with Crippen LogP contribution < -0.4 is 0 Å². The van der Waals surface area contributed by atoms with E-state index in [2.05, 4.69) is 13.8 Å². The molecule has 1 aromatic rings. The van der Waals surface area contributed by atoms with E-state index in [0.29, 0.717) is 0 Å². The van der Waals surface area contributed by atoms with Crippen molar-refractivity contribution in [3.05, 3.63) is 34.9 Å². The highest BCUT2D eigenvalue weighted by atomic mass is 35.5. The van der Waals surface area contributed by atoms with Crippen LogP contribution >= 0.6 is 11.6 Å². The number of carbonyl (C=O) groups excluding carboxylic acids is 1. The van der Waals surface area contributed by atoms with Crippen LogP contribution in [0.15, 0.2) is 18.2 Å². The largest absolute Gasteiger partial charge is 0.293 e. The molecule has 0 radical (unpaired) electrons. The number of halogens is 1. The number of alkyl halides is 1. The van der Waals surface area contributed by atoms with Crippen LogP contribution in [0.4, 0.5) is 0 Å². The highest BCUT2D eigenvalue weighted by Crippen LogP contribution is 2.16. The molecule has 0 heterocycles. The van der Waals surface area contributed by atoms with E-state index < -0.39 is 5.38 Å². The van der Waals surface area contributed by atoms with E-state index in [1.807, 2.05) is 18.2 Å². The lowest BCUT2D eigenvalue weighted by Gasteiger charge is -2.09. The molecule has 15 heavy (non-hydrogen) atoms. The Kier molecular flexibility index (Phi) is 4.34. The van der Waals surface area contributed by atoms with Gasteiger partial charge in [0.05, 0.1) is 5.38 Å². The molecule has 1 atom stereocenters. The van der Waals surface area contributed by atoms with Gasteiger partial charge in [0.15, 0.2) is 5.78 Å². The number of benzene rings is 1. The fraction of sp³-hybridized carbons (Fsp3) is 0.462. The molecule has 0 fully saturated rings. The third-order valence-corrected chi connectivity index (χ3v) is 2.81. The summed E-state index contributed by atoms with van der Waals surface area (Å²) in [7, 11) is 0. The first-order chi connectivity index (χ1) is 7.10. The number of ketones is 1. The van der Waals surface area contributed by atoms with Gasteiger partial charge in [-0.15, -0.1) is 11.6 Å². The molecule has 0 N–H and O–H groups in total. The summed E-state index contributed by atoms with van der Waals surface area (Å²) in [6.07, 6.45) is 1.97. The molecule has 1 rings (SSSR count). The van der Waals surface area contributed by atoms with Gasteiger partial charge >= 0.3 is 0 Å². The number of hydrogen-bond acceptors (Lipinski definition) is 1. The number of hydrogen-bond donors (Lipinski definition) is 0. The first-order valence-electron chi connectivity index (χ1n) is 5.40. The zero-order valence-electron chi connectivity index (χ0n) is 9.51. The zero-order valence-corrected chi connectivity index (χ0v) is 10.3. The van der Waals surface area contributed by atoms with Gasteiger partial charge in [0.2, 0.25) is 0 Å². The van der Waals surface area contributed by atoms with Crippen LogP contribution in [0.5, 0.6) is 0 Å².